The second kappa shape index (κ2) is 6.38. The summed E-state index contributed by atoms with van der Waals surface area (Å²) >= 11 is 6.00. The molecular weight excluding hydrogens is 362 g/mol. The number of ketones is 1. The van der Waals surface area contributed by atoms with E-state index in [-0.39, 0.29) is 27.1 Å². The van der Waals surface area contributed by atoms with Gasteiger partial charge in [-0.2, -0.15) is 0 Å². The molecule has 7 heteroatoms. The van der Waals surface area contributed by atoms with Gasteiger partial charge >= 0.3 is 0 Å². The fourth-order valence-electron chi connectivity index (χ4n) is 2.48. The minimum absolute atomic E-state index is 0.0192. The zero-order valence-electron chi connectivity index (χ0n) is 13.2. The lowest BCUT2D eigenvalue weighted by Crippen LogP contribution is -2.13. The molecule has 0 saturated heterocycles. The van der Waals surface area contributed by atoms with E-state index in [0.29, 0.717) is 16.3 Å². The molecule has 0 heterocycles. The monoisotopic (exact) mass is 375 g/mol. The molecule has 0 aliphatic heterocycles. The lowest BCUT2D eigenvalue weighted by atomic mass is 10.1. The summed E-state index contributed by atoms with van der Waals surface area (Å²) in [7, 11) is -3.88. The second-order valence-electron chi connectivity index (χ2n) is 5.49. The van der Waals surface area contributed by atoms with Crippen LogP contribution in [0, 0.1) is 0 Å². The SMILES string of the molecule is CC(=O)c1ccc(S(=O)(=O)Nc2cc(Cl)c(O)c3ccccc23)cc1. The summed E-state index contributed by atoms with van der Waals surface area (Å²) < 4.78 is 27.7. The number of phenolic OH excluding ortho intramolecular Hbond substituents is 1. The van der Waals surface area contributed by atoms with Crippen LogP contribution in [0.25, 0.3) is 10.8 Å². The Bertz CT molecular complexity index is 1080. The molecule has 25 heavy (non-hydrogen) atoms. The molecule has 3 aromatic carbocycles. The third-order valence-electron chi connectivity index (χ3n) is 3.79. The molecular formula is C18H14ClNO4S. The van der Waals surface area contributed by atoms with Crippen molar-refractivity contribution in [1.29, 1.82) is 0 Å². The van der Waals surface area contributed by atoms with E-state index in [1.165, 1.54) is 37.3 Å². The molecule has 0 fully saturated rings. The molecule has 0 aliphatic rings. The summed E-state index contributed by atoms with van der Waals surface area (Å²) in [5.74, 6) is -0.251. The van der Waals surface area contributed by atoms with Crippen molar-refractivity contribution in [3.63, 3.8) is 0 Å². The Morgan fingerprint density at radius 2 is 1.64 bits per heavy atom. The normalized spacial score (nSPS) is 11.4. The summed E-state index contributed by atoms with van der Waals surface area (Å²) in [6.07, 6.45) is 0. The minimum atomic E-state index is -3.88. The highest BCUT2D eigenvalue weighted by Crippen LogP contribution is 2.38. The van der Waals surface area contributed by atoms with Crippen LogP contribution in [0.2, 0.25) is 5.02 Å². The van der Waals surface area contributed by atoms with E-state index in [1.54, 1.807) is 24.3 Å². The van der Waals surface area contributed by atoms with Crippen molar-refractivity contribution in [2.75, 3.05) is 4.72 Å². The molecule has 0 amide bonds. The summed E-state index contributed by atoms with van der Waals surface area (Å²) in [4.78, 5) is 11.3. The number of benzene rings is 3. The number of rotatable bonds is 4. The van der Waals surface area contributed by atoms with Gasteiger partial charge in [-0.05, 0) is 25.1 Å². The number of fused-ring (bicyclic) bond motifs is 1. The van der Waals surface area contributed by atoms with Crippen LogP contribution in [-0.2, 0) is 10.0 Å². The van der Waals surface area contributed by atoms with Crippen molar-refractivity contribution in [3.8, 4) is 5.75 Å². The van der Waals surface area contributed by atoms with Gasteiger partial charge in [0.2, 0.25) is 0 Å². The van der Waals surface area contributed by atoms with E-state index >= 15 is 0 Å². The van der Waals surface area contributed by atoms with Crippen LogP contribution in [0.15, 0.2) is 59.5 Å². The van der Waals surface area contributed by atoms with Gasteiger partial charge in [-0.1, -0.05) is 48.0 Å². The third-order valence-corrected chi connectivity index (χ3v) is 5.45. The Kier molecular flexibility index (Phi) is 4.41. The van der Waals surface area contributed by atoms with E-state index in [9.17, 15) is 18.3 Å². The largest absolute Gasteiger partial charge is 0.506 e. The molecule has 3 aromatic rings. The Labute approximate surface area is 149 Å². The molecule has 0 atom stereocenters. The van der Waals surface area contributed by atoms with Crippen LogP contribution >= 0.6 is 11.6 Å². The number of hydrogen-bond donors (Lipinski definition) is 2. The van der Waals surface area contributed by atoms with Gasteiger partial charge in [0.05, 0.1) is 15.6 Å². The van der Waals surface area contributed by atoms with Crippen molar-refractivity contribution in [1.82, 2.24) is 0 Å². The van der Waals surface area contributed by atoms with Gasteiger partial charge in [0.25, 0.3) is 10.0 Å². The van der Waals surface area contributed by atoms with Gasteiger partial charge in [-0.3, -0.25) is 9.52 Å². The number of anilines is 1. The van der Waals surface area contributed by atoms with E-state index in [2.05, 4.69) is 4.72 Å². The highest BCUT2D eigenvalue weighted by atomic mass is 35.5. The predicted octanol–water partition coefficient (Wildman–Crippen LogP) is 4.20. The summed E-state index contributed by atoms with van der Waals surface area (Å²) in [5.41, 5.74) is 0.686. The second-order valence-corrected chi connectivity index (χ2v) is 7.58. The standard InChI is InChI=1S/C18H14ClNO4S/c1-11(21)12-6-8-13(9-7-12)25(23,24)20-17-10-16(19)18(22)15-5-3-2-4-14(15)17/h2-10,20,22H,1H3. The predicted molar refractivity (Wildman–Crippen MR) is 97.9 cm³/mol. The number of nitrogens with one attached hydrogen (secondary N) is 1. The average molecular weight is 376 g/mol. The fourth-order valence-corrected chi connectivity index (χ4v) is 3.76. The number of sulfonamides is 1. The van der Waals surface area contributed by atoms with Gasteiger partial charge in [-0.25, -0.2) is 8.42 Å². The number of hydrogen-bond acceptors (Lipinski definition) is 4. The van der Waals surface area contributed by atoms with Crippen LogP contribution < -0.4 is 4.72 Å². The Morgan fingerprint density at radius 1 is 1.04 bits per heavy atom. The van der Waals surface area contributed by atoms with Crippen molar-refractivity contribution in [2.45, 2.75) is 11.8 Å². The van der Waals surface area contributed by atoms with Gasteiger partial charge in [0.15, 0.2) is 5.78 Å². The topological polar surface area (TPSA) is 83.5 Å². The van der Waals surface area contributed by atoms with Crippen LogP contribution in [0.4, 0.5) is 5.69 Å². The van der Waals surface area contributed by atoms with E-state index in [1.807, 2.05) is 0 Å². The maximum Gasteiger partial charge on any atom is 0.261 e. The first kappa shape index (κ1) is 17.3. The number of halogens is 1. The van der Waals surface area contributed by atoms with Crippen molar-refractivity contribution < 1.29 is 18.3 Å². The lowest BCUT2D eigenvalue weighted by molar-refractivity contribution is 0.101. The molecule has 0 aliphatic carbocycles. The number of aromatic hydroxyl groups is 1. The molecule has 0 unspecified atom stereocenters. The number of carbonyl (C=O) groups is 1. The first-order valence-corrected chi connectivity index (χ1v) is 9.20. The summed E-state index contributed by atoms with van der Waals surface area (Å²) in [6.45, 7) is 1.41. The molecule has 128 valence electrons. The number of Topliss-reactive ketones (excluding diaryl/α,β-unsaturated/α-hetero) is 1. The van der Waals surface area contributed by atoms with Crippen LogP contribution in [0.3, 0.4) is 0 Å². The highest BCUT2D eigenvalue weighted by molar-refractivity contribution is 7.92. The summed E-state index contributed by atoms with van der Waals surface area (Å²) in [5, 5.41) is 11.0. The van der Waals surface area contributed by atoms with Gasteiger partial charge in [0, 0.05) is 16.3 Å². The Hall–Kier alpha value is -2.57. The number of phenols is 1. The zero-order chi connectivity index (χ0) is 18.2. The quantitative estimate of drug-likeness (QED) is 0.528. The summed E-state index contributed by atoms with van der Waals surface area (Å²) in [6, 6.07) is 13.8. The van der Waals surface area contributed by atoms with Crippen molar-refractivity contribution in [2.24, 2.45) is 0 Å². The molecule has 0 radical (unpaired) electrons. The lowest BCUT2D eigenvalue weighted by Gasteiger charge is -2.13. The zero-order valence-corrected chi connectivity index (χ0v) is 14.7. The maximum atomic E-state index is 12.6. The van der Waals surface area contributed by atoms with E-state index in [0.717, 1.165) is 0 Å². The molecule has 2 N–H and O–H groups in total. The molecule has 5 nitrogen and oxygen atoms in total. The Balaban J connectivity index is 2.05. The van der Waals surface area contributed by atoms with Crippen molar-refractivity contribution >= 4 is 43.9 Å². The van der Waals surface area contributed by atoms with Crippen LogP contribution in [0.1, 0.15) is 17.3 Å². The van der Waals surface area contributed by atoms with E-state index in [4.69, 9.17) is 11.6 Å². The van der Waals surface area contributed by atoms with E-state index < -0.39 is 10.0 Å². The minimum Gasteiger partial charge on any atom is -0.506 e. The smallest absolute Gasteiger partial charge is 0.261 e. The molecule has 0 spiro atoms. The van der Waals surface area contributed by atoms with Gasteiger partial charge < -0.3 is 5.11 Å². The maximum absolute atomic E-state index is 12.6. The first-order valence-electron chi connectivity index (χ1n) is 7.33. The fraction of sp³-hybridized carbons (Fsp3) is 0.0556. The molecule has 0 bridgehead atoms. The third kappa shape index (κ3) is 3.31. The first-order chi connectivity index (χ1) is 11.8. The number of carbonyl (C=O) groups excluding carboxylic acids is 1. The van der Waals surface area contributed by atoms with Gasteiger partial charge in [0.1, 0.15) is 5.75 Å². The van der Waals surface area contributed by atoms with Gasteiger partial charge in [-0.15, -0.1) is 0 Å². The van der Waals surface area contributed by atoms with Crippen LogP contribution in [-0.4, -0.2) is 19.3 Å². The molecule has 0 aromatic heterocycles. The highest BCUT2D eigenvalue weighted by Gasteiger charge is 2.18. The average Bonchev–Trinajstić information content (AvgIpc) is 2.59. The Morgan fingerprint density at radius 3 is 2.24 bits per heavy atom. The molecule has 3 rings (SSSR count). The molecule has 0 saturated carbocycles. The van der Waals surface area contributed by atoms with Crippen LogP contribution in [0.5, 0.6) is 5.75 Å². The van der Waals surface area contributed by atoms with Crippen molar-refractivity contribution in [3.05, 3.63) is 65.2 Å².